The maximum atomic E-state index is 2.87. The lowest BCUT2D eigenvalue weighted by molar-refractivity contribution is 0.178. The lowest BCUT2D eigenvalue weighted by Crippen LogP contribution is -2.57. The van der Waals surface area contributed by atoms with Crippen LogP contribution in [0, 0.1) is 17.8 Å². The molecule has 4 aromatic carbocycles. The highest BCUT2D eigenvalue weighted by atomic mass is 15.3. The minimum atomic E-state index is -0.0660. The summed E-state index contributed by atoms with van der Waals surface area (Å²) >= 11 is 0. The van der Waals surface area contributed by atoms with E-state index >= 15 is 0 Å². The van der Waals surface area contributed by atoms with Gasteiger partial charge in [0.25, 0.3) is 0 Å². The Labute approximate surface area is 333 Å². The second kappa shape index (κ2) is 9.93. The molecular formula is C54H54N2. The third-order valence-corrected chi connectivity index (χ3v) is 17.5. The molecular weight excluding hydrogens is 677 g/mol. The predicted octanol–water partition coefficient (Wildman–Crippen LogP) is 12.7. The molecule has 9 aliphatic rings. The van der Waals surface area contributed by atoms with E-state index in [1.807, 2.05) is 0 Å². The van der Waals surface area contributed by atoms with E-state index in [9.17, 15) is 0 Å². The Morgan fingerprint density at radius 3 is 1.96 bits per heavy atom. The fourth-order valence-electron chi connectivity index (χ4n) is 14.6. The molecule has 0 N–H and O–H groups in total. The van der Waals surface area contributed by atoms with Crippen molar-refractivity contribution < 1.29 is 0 Å². The van der Waals surface area contributed by atoms with E-state index in [4.69, 9.17) is 0 Å². The average molecular weight is 731 g/mol. The first kappa shape index (κ1) is 32.5. The molecule has 1 saturated carbocycles. The quantitative estimate of drug-likeness (QED) is 0.203. The zero-order valence-electron chi connectivity index (χ0n) is 34.4. The molecule has 1 saturated heterocycles. The molecule has 7 atom stereocenters. The zero-order valence-corrected chi connectivity index (χ0v) is 34.4. The Morgan fingerprint density at radius 1 is 0.571 bits per heavy atom. The SMILES string of the molecule is CC1(C)C2=CC=CC3C4=CC=CC5C4N(c4c1cc(-c1ccc(-c6cc7c8c(c6)C(C)(C)C6CCCC9c%10cccc(c%10N8C96)C7(C)C)cc1)cc4C5(C)C)C23. The Morgan fingerprint density at radius 2 is 1.23 bits per heavy atom. The molecule has 0 bridgehead atoms. The third-order valence-electron chi connectivity index (χ3n) is 17.5. The fraction of sp³-hybridized carbons (Fsp3) is 0.407. The van der Waals surface area contributed by atoms with Crippen molar-refractivity contribution >= 4 is 17.1 Å². The van der Waals surface area contributed by atoms with Crippen molar-refractivity contribution in [3.63, 3.8) is 0 Å². The van der Waals surface area contributed by atoms with Gasteiger partial charge in [0.1, 0.15) is 0 Å². The molecule has 6 aliphatic heterocycles. The third kappa shape index (κ3) is 3.52. The zero-order chi connectivity index (χ0) is 38.0. The van der Waals surface area contributed by atoms with Gasteiger partial charge < -0.3 is 9.80 Å². The number of benzene rings is 4. The van der Waals surface area contributed by atoms with E-state index in [1.165, 1.54) is 75.1 Å². The molecule has 280 valence electrons. The van der Waals surface area contributed by atoms with Crippen LogP contribution in [0.3, 0.4) is 0 Å². The number of rotatable bonds is 2. The molecule has 2 fully saturated rings. The Kier molecular flexibility index (Phi) is 5.76. The molecule has 13 rings (SSSR count). The second-order valence-electron chi connectivity index (χ2n) is 21.3. The van der Waals surface area contributed by atoms with Gasteiger partial charge >= 0.3 is 0 Å². The summed E-state index contributed by atoms with van der Waals surface area (Å²) in [6, 6.07) is 28.7. The van der Waals surface area contributed by atoms with Gasteiger partial charge in [-0.25, -0.2) is 0 Å². The number of hydrogen-bond donors (Lipinski definition) is 0. The summed E-state index contributed by atoms with van der Waals surface area (Å²) in [5.41, 5.74) is 22.4. The maximum absolute atomic E-state index is 2.87. The van der Waals surface area contributed by atoms with Crippen LogP contribution in [0.4, 0.5) is 17.1 Å². The van der Waals surface area contributed by atoms with Crippen LogP contribution in [-0.2, 0) is 21.7 Å². The normalized spacial score (nSPS) is 32.1. The van der Waals surface area contributed by atoms with E-state index in [1.54, 1.807) is 28.0 Å². The Bertz CT molecular complexity index is 2620. The monoisotopic (exact) mass is 730 g/mol. The van der Waals surface area contributed by atoms with Crippen LogP contribution in [-0.4, -0.2) is 18.1 Å². The van der Waals surface area contributed by atoms with Crippen LogP contribution in [0.5, 0.6) is 0 Å². The van der Waals surface area contributed by atoms with Gasteiger partial charge in [0.2, 0.25) is 0 Å². The molecule has 56 heavy (non-hydrogen) atoms. The molecule has 7 unspecified atom stereocenters. The summed E-state index contributed by atoms with van der Waals surface area (Å²) in [7, 11) is 0. The smallest absolute Gasteiger partial charge is 0.0621 e. The molecule has 0 spiro atoms. The van der Waals surface area contributed by atoms with Gasteiger partial charge in [-0.15, -0.1) is 0 Å². The summed E-state index contributed by atoms with van der Waals surface area (Å²) in [5.74, 6) is 2.23. The first-order valence-electron chi connectivity index (χ1n) is 21.8. The molecule has 2 heteroatoms. The summed E-state index contributed by atoms with van der Waals surface area (Å²) in [5, 5.41) is 0. The van der Waals surface area contributed by atoms with Crippen molar-refractivity contribution in [3.8, 4) is 22.3 Å². The summed E-state index contributed by atoms with van der Waals surface area (Å²) in [6.45, 7) is 20.1. The highest BCUT2D eigenvalue weighted by molar-refractivity contribution is 5.90. The second-order valence-corrected chi connectivity index (χ2v) is 21.3. The van der Waals surface area contributed by atoms with Gasteiger partial charge in [-0.3, -0.25) is 0 Å². The number of para-hydroxylation sites is 1. The number of nitrogens with zero attached hydrogens (tertiary/aromatic N) is 2. The van der Waals surface area contributed by atoms with Crippen molar-refractivity contribution in [2.45, 2.75) is 120 Å². The van der Waals surface area contributed by atoms with Gasteiger partial charge in [0.15, 0.2) is 0 Å². The fourth-order valence-corrected chi connectivity index (χ4v) is 14.6. The van der Waals surface area contributed by atoms with Gasteiger partial charge in [-0.2, -0.15) is 0 Å². The van der Waals surface area contributed by atoms with Crippen molar-refractivity contribution in [1.82, 2.24) is 0 Å². The summed E-state index contributed by atoms with van der Waals surface area (Å²) < 4.78 is 0. The van der Waals surface area contributed by atoms with Crippen molar-refractivity contribution in [2.75, 3.05) is 9.80 Å². The predicted molar refractivity (Wildman–Crippen MR) is 232 cm³/mol. The van der Waals surface area contributed by atoms with Crippen LogP contribution < -0.4 is 9.80 Å². The first-order valence-corrected chi connectivity index (χ1v) is 21.8. The molecule has 0 aromatic heterocycles. The van der Waals surface area contributed by atoms with E-state index in [0.29, 0.717) is 41.8 Å². The van der Waals surface area contributed by atoms with Crippen molar-refractivity contribution in [1.29, 1.82) is 0 Å². The Balaban J connectivity index is 0.962. The lowest BCUT2D eigenvalue weighted by Gasteiger charge is -2.56. The largest absolute Gasteiger partial charge is 0.356 e. The number of allylic oxidation sites excluding steroid dienone is 4. The van der Waals surface area contributed by atoms with Crippen LogP contribution in [0.1, 0.15) is 114 Å². The van der Waals surface area contributed by atoms with Crippen LogP contribution >= 0.6 is 0 Å². The maximum Gasteiger partial charge on any atom is 0.0621 e. The van der Waals surface area contributed by atoms with Crippen LogP contribution in [0.25, 0.3) is 22.3 Å². The molecule has 2 nitrogen and oxygen atoms in total. The molecule has 0 radical (unpaired) electrons. The Hall–Kier alpha value is -4.56. The van der Waals surface area contributed by atoms with E-state index in [-0.39, 0.29) is 21.7 Å². The standard InChI is InChI=1S/C54H54N2/c1-51(2)37-17-9-13-33-34-14-10-18-38-46(34)55(45(33)37)49-41(51)25-31(26-42(49)52(38,3)4)29-21-23-30(24-22-29)32-27-43-50-44(28-32)54(7,8)40-20-12-16-36-35-15-11-19-39(53(43,5)6)47(35)56(50)48(36)40/h9-11,13-15,17-19,21-28,33,36,38,40,45-46,48H,12,16,20H2,1-8H3. The van der Waals surface area contributed by atoms with Crippen LogP contribution in [0.15, 0.2) is 114 Å². The van der Waals surface area contributed by atoms with E-state index < -0.39 is 0 Å². The highest BCUT2D eigenvalue weighted by Crippen LogP contribution is 2.68. The summed E-state index contributed by atoms with van der Waals surface area (Å²) in [6.07, 6.45) is 18.6. The minimum Gasteiger partial charge on any atom is -0.356 e. The average Bonchev–Trinajstić information content (AvgIpc) is 3.72. The van der Waals surface area contributed by atoms with E-state index in [0.717, 1.165) is 0 Å². The molecule has 0 amide bonds. The molecule has 3 aliphatic carbocycles. The summed E-state index contributed by atoms with van der Waals surface area (Å²) in [4.78, 5) is 5.74. The molecule has 6 heterocycles. The van der Waals surface area contributed by atoms with Crippen molar-refractivity contribution in [2.24, 2.45) is 17.8 Å². The molecule has 4 aromatic rings. The van der Waals surface area contributed by atoms with Gasteiger partial charge in [0, 0.05) is 57.1 Å². The highest BCUT2D eigenvalue weighted by Gasteiger charge is 2.62. The van der Waals surface area contributed by atoms with Crippen molar-refractivity contribution in [3.05, 3.63) is 148 Å². The van der Waals surface area contributed by atoms with Gasteiger partial charge in [0.05, 0.1) is 12.1 Å². The topological polar surface area (TPSA) is 6.48 Å². The van der Waals surface area contributed by atoms with Gasteiger partial charge in [-0.1, -0.05) is 141 Å². The van der Waals surface area contributed by atoms with E-state index in [2.05, 4.69) is 168 Å². The minimum absolute atomic E-state index is 0.0158. The first-order chi connectivity index (χ1) is 26.8. The lowest BCUT2D eigenvalue weighted by atomic mass is 9.58. The van der Waals surface area contributed by atoms with Crippen LogP contribution in [0.2, 0.25) is 0 Å². The van der Waals surface area contributed by atoms with Gasteiger partial charge in [-0.05, 0) is 115 Å². The number of hydrogen-bond acceptors (Lipinski definition) is 2. The number of fused-ring (bicyclic) bond motifs is 2. The number of anilines is 3.